The van der Waals surface area contributed by atoms with E-state index in [1.54, 1.807) is 18.2 Å². The molecule has 0 fully saturated rings. The van der Waals surface area contributed by atoms with Crippen LogP contribution in [-0.4, -0.2) is 48.9 Å². The van der Waals surface area contributed by atoms with Crippen LogP contribution >= 0.6 is 0 Å². The van der Waals surface area contributed by atoms with Gasteiger partial charge in [0, 0.05) is 46.0 Å². The molecular weight excluding hydrogens is 416 g/mol. The molecule has 1 aliphatic rings. The Bertz CT molecular complexity index is 1230. The van der Waals surface area contributed by atoms with Crippen LogP contribution in [0.5, 0.6) is 5.75 Å². The Labute approximate surface area is 181 Å². The summed E-state index contributed by atoms with van der Waals surface area (Å²) in [6.07, 6.45) is 1.48. The van der Waals surface area contributed by atoms with Crippen LogP contribution in [0.2, 0.25) is 0 Å². The number of imidazole rings is 1. The van der Waals surface area contributed by atoms with Crippen molar-refractivity contribution in [2.45, 2.75) is 30.2 Å². The molecular formula is C22H26N4O4S. The lowest BCUT2D eigenvalue weighted by atomic mass is 10.0. The Morgan fingerprint density at radius 1 is 1.26 bits per heavy atom. The van der Waals surface area contributed by atoms with Crippen molar-refractivity contribution >= 4 is 27.0 Å². The van der Waals surface area contributed by atoms with Gasteiger partial charge in [-0.2, -0.15) is 0 Å². The number of aromatic nitrogens is 2. The Balaban J connectivity index is 1.47. The first-order chi connectivity index (χ1) is 14.8. The van der Waals surface area contributed by atoms with Crippen LogP contribution in [0.25, 0.3) is 11.0 Å². The predicted octanol–water partition coefficient (Wildman–Crippen LogP) is 2.40. The van der Waals surface area contributed by atoms with Crippen molar-refractivity contribution in [3.63, 3.8) is 0 Å². The van der Waals surface area contributed by atoms with Crippen LogP contribution in [0.3, 0.4) is 0 Å². The van der Waals surface area contributed by atoms with Crippen molar-refractivity contribution in [1.29, 1.82) is 0 Å². The molecule has 31 heavy (non-hydrogen) atoms. The monoisotopic (exact) mass is 442 g/mol. The third-order valence-corrected chi connectivity index (χ3v) is 7.40. The molecule has 1 unspecified atom stereocenters. The number of sulfonamides is 1. The smallest absolute Gasteiger partial charge is 0.242 e. The molecule has 0 saturated carbocycles. The zero-order valence-electron chi connectivity index (χ0n) is 17.8. The minimum atomic E-state index is -3.53. The average molecular weight is 443 g/mol. The molecule has 0 radical (unpaired) electrons. The second-order valence-electron chi connectivity index (χ2n) is 7.82. The summed E-state index contributed by atoms with van der Waals surface area (Å²) in [5, 5.41) is 3.10. The summed E-state index contributed by atoms with van der Waals surface area (Å²) in [4.78, 5) is 17.4. The van der Waals surface area contributed by atoms with Gasteiger partial charge >= 0.3 is 0 Å². The maximum atomic E-state index is 12.6. The number of fused-ring (bicyclic) bond motifs is 2. The number of nitrogens with one attached hydrogen (secondary N) is 1. The van der Waals surface area contributed by atoms with E-state index in [4.69, 9.17) is 4.74 Å². The Kier molecular flexibility index (Phi) is 5.72. The Morgan fingerprint density at radius 3 is 2.81 bits per heavy atom. The van der Waals surface area contributed by atoms with Crippen molar-refractivity contribution in [1.82, 2.24) is 19.2 Å². The van der Waals surface area contributed by atoms with Crippen molar-refractivity contribution in [3.8, 4) is 5.75 Å². The molecule has 1 atom stereocenters. The highest BCUT2D eigenvalue weighted by Crippen LogP contribution is 2.31. The number of carbonyl (C=O) groups excluding carboxylic acids is 1. The number of aryl methyl sites for hydroxylation is 2. The molecule has 0 spiro atoms. The van der Waals surface area contributed by atoms with Gasteiger partial charge in [-0.15, -0.1) is 0 Å². The molecule has 4 rings (SSSR count). The number of hydrogen-bond donors (Lipinski definition) is 1. The van der Waals surface area contributed by atoms with E-state index in [0.717, 1.165) is 29.1 Å². The number of nitrogens with zero attached hydrogens (tertiary/aromatic N) is 3. The predicted molar refractivity (Wildman–Crippen MR) is 117 cm³/mol. The molecule has 1 aliphatic heterocycles. The van der Waals surface area contributed by atoms with Gasteiger partial charge in [-0.3, -0.25) is 4.79 Å². The summed E-state index contributed by atoms with van der Waals surface area (Å²) in [5.74, 6) is 1.50. The molecule has 0 aliphatic carbocycles. The molecule has 0 bridgehead atoms. The van der Waals surface area contributed by atoms with Gasteiger partial charge < -0.3 is 14.6 Å². The van der Waals surface area contributed by atoms with Crippen LogP contribution in [-0.2, 0) is 28.3 Å². The summed E-state index contributed by atoms with van der Waals surface area (Å²) < 4.78 is 33.5. The van der Waals surface area contributed by atoms with Gasteiger partial charge in [0.2, 0.25) is 15.9 Å². The van der Waals surface area contributed by atoms with E-state index in [1.807, 2.05) is 35.9 Å². The highest BCUT2D eigenvalue weighted by atomic mass is 32.2. The first-order valence-corrected chi connectivity index (χ1v) is 11.6. The number of carbonyl (C=O) groups is 1. The van der Waals surface area contributed by atoms with Crippen molar-refractivity contribution < 1.29 is 17.9 Å². The fourth-order valence-electron chi connectivity index (χ4n) is 3.81. The molecule has 3 aromatic rings. The molecule has 164 valence electrons. The maximum Gasteiger partial charge on any atom is 0.242 e. The molecule has 1 amide bonds. The Morgan fingerprint density at radius 2 is 2.03 bits per heavy atom. The molecule has 8 nitrogen and oxygen atoms in total. The van der Waals surface area contributed by atoms with Gasteiger partial charge in [0.1, 0.15) is 11.6 Å². The van der Waals surface area contributed by atoms with E-state index < -0.39 is 10.0 Å². The van der Waals surface area contributed by atoms with Crippen LogP contribution in [0.15, 0.2) is 47.4 Å². The van der Waals surface area contributed by atoms with E-state index in [9.17, 15) is 13.2 Å². The van der Waals surface area contributed by atoms with Crippen LogP contribution in [0, 0.1) is 0 Å². The summed E-state index contributed by atoms with van der Waals surface area (Å²) in [5.41, 5.74) is 2.42. The molecule has 0 saturated heterocycles. The average Bonchev–Trinajstić information content (AvgIpc) is 3.07. The SMILES string of the molecule is CN(C)S(=O)(=O)c1ccc2c(c1)nc(CCC(=O)NC1CCOc3ccccc31)n2C. The van der Waals surface area contributed by atoms with Crippen LogP contribution in [0.1, 0.15) is 30.3 Å². The number of hydrogen-bond acceptors (Lipinski definition) is 5. The minimum Gasteiger partial charge on any atom is -0.493 e. The van der Waals surface area contributed by atoms with Crippen molar-refractivity contribution in [2.24, 2.45) is 7.05 Å². The number of amides is 1. The van der Waals surface area contributed by atoms with Crippen molar-refractivity contribution in [3.05, 3.63) is 53.9 Å². The fourth-order valence-corrected chi connectivity index (χ4v) is 4.73. The number of para-hydroxylation sites is 1. The summed E-state index contributed by atoms with van der Waals surface area (Å²) in [7, 11) is 1.34. The Hall–Kier alpha value is -2.91. The van der Waals surface area contributed by atoms with Gasteiger partial charge in [0.15, 0.2) is 0 Å². The number of rotatable bonds is 6. The third-order valence-electron chi connectivity index (χ3n) is 5.59. The standard InChI is InChI=1S/C22H26N4O4S/c1-25(2)31(28,29)15-8-9-19-18(14-15)23-21(26(19)3)10-11-22(27)24-17-12-13-30-20-7-5-4-6-16(17)20/h4-9,14,17H,10-13H2,1-3H3,(H,24,27). The molecule has 1 N–H and O–H groups in total. The lowest BCUT2D eigenvalue weighted by Crippen LogP contribution is -2.32. The van der Waals surface area contributed by atoms with Crippen molar-refractivity contribution in [2.75, 3.05) is 20.7 Å². The first-order valence-electron chi connectivity index (χ1n) is 10.2. The van der Waals surface area contributed by atoms with Gasteiger partial charge in [0.25, 0.3) is 0 Å². The van der Waals surface area contributed by atoms with Crippen LogP contribution in [0.4, 0.5) is 0 Å². The fraction of sp³-hybridized carbons (Fsp3) is 0.364. The quantitative estimate of drug-likeness (QED) is 0.633. The van der Waals surface area contributed by atoms with Gasteiger partial charge in [-0.05, 0) is 24.3 Å². The van der Waals surface area contributed by atoms with Gasteiger partial charge in [-0.25, -0.2) is 17.7 Å². The number of benzene rings is 2. The van der Waals surface area contributed by atoms with Gasteiger partial charge in [0.05, 0.1) is 28.6 Å². The zero-order chi connectivity index (χ0) is 22.2. The molecule has 2 aromatic carbocycles. The lowest BCUT2D eigenvalue weighted by Gasteiger charge is -2.26. The summed E-state index contributed by atoms with van der Waals surface area (Å²) >= 11 is 0. The second kappa shape index (κ2) is 8.32. The van der Waals surface area contributed by atoms with E-state index in [-0.39, 0.29) is 16.8 Å². The van der Waals surface area contributed by atoms with E-state index in [1.165, 1.54) is 18.4 Å². The summed E-state index contributed by atoms with van der Waals surface area (Å²) in [6.45, 7) is 0.574. The van der Waals surface area contributed by atoms with Gasteiger partial charge in [-0.1, -0.05) is 18.2 Å². The topological polar surface area (TPSA) is 93.5 Å². The van der Waals surface area contributed by atoms with E-state index in [0.29, 0.717) is 25.0 Å². The normalized spacial score (nSPS) is 16.2. The number of ether oxygens (including phenoxy) is 1. The minimum absolute atomic E-state index is 0.0513. The third kappa shape index (κ3) is 4.15. The second-order valence-corrected chi connectivity index (χ2v) is 9.97. The molecule has 1 aromatic heterocycles. The van der Waals surface area contributed by atoms with E-state index in [2.05, 4.69) is 10.3 Å². The lowest BCUT2D eigenvalue weighted by molar-refractivity contribution is -0.122. The largest absolute Gasteiger partial charge is 0.493 e. The highest BCUT2D eigenvalue weighted by Gasteiger charge is 2.23. The summed E-state index contributed by atoms with van der Waals surface area (Å²) in [6, 6.07) is 12.6. The molecule has 9 heteroatoms. The zero-order valence-corrected chi connectivity index (χ0v) is 18.6. The maximum absolute atomic E-state index is 12.6. The highest BCUT2D eigenvalue weighted by molar-refractivity contribution is 7.89. The van der Waals surface area contributed by atoms with E-state index >= 15 is 0 Å². The molecule has 2 heterocycles. The first kappa shape index (κ1) is 21.3. The van der Waals surface area contributed by atoms with Crippen LogP contribution < -0.4 is 10.1 Å².